The normalized spacial score (nSPS) is 24.7. The van der Waals surface area contributed by atoms with Crippen molar-refractivity contribution in [2.75, 3.05) is 11.9 Å². The Kier molecular flexibility index (Phi) is 4.76. The molecule has 1 N–H and O–H groups in total. The van der Waals surface area contributed by atoms with E-state index in [-0.39, 0.29) is 30.8 Å². The standard InChI is InChI=1S/C19H22F3N5O/c1-12-9-16(19(20,21)22)27-17(24-12)11-14(25-27)15-6-4-8-26(15)18(28)10-13-5-2-3-7-23-13/h2-3,5,7,11-12,15-16,24H,4,6,8-10H2,1H3/t12-,15?,16-/m1/s1. The van der Waals surface area contributed by atoms with Crippen LogP contribution in [0.15, 0.2) is 30.5 Å². The highest BCUT2D eigenvalue weighted by molar-refractivity contribution is 5.79. The first-order valence-electron chi connectivity index (χ1n) is 9.45. The first kappa shape index (κ1) is 18.8. The van der Waals surface area contributed by atoms with E-state index in [9.17, 15) is 18.0 Å². The zero-order valence-electron chi connectivity index (χ0n) is 15.5. The van der Waals surface area contributed by atoms with E-state index in [1.165, 1.54) is 0 Å². The van der Waals surface area contributed by atoms with Crippen molar-refractivity contribution in [2.24, 2.45) is 0 Å². The van der Waals surface area contributed by atoms with Gasteiger partial charge in [-0.05, 0) is 38.3 Å². The van der Waals surface area contributed by atoms with E-state index >= 15 is 0 Å². The van der Waals surface area contributed by atoms with Crippen molar-refractivity contribution in [1.82, 2.24) is 19.7 Å². The van der Waals surface area contributed by atoms with Crippen LogP contribution in [-0.2, 0) is 11.2 Å². The van der Waals surface area contributed by atoms with Gasteiger partial charge in [-0.25, -0.2) is 4.68 Å². The lowest BCUT2D eigenvalue weighted by molar-refractivity contribution is -0.173. The summed E-state index contributed by atoms with van der Waals surface area (Å²) in [5.74, 6) is 0.279. The van der Waals surface area contributed by atoms with Crippen molar-refractivity contribution in [3.63, 3.8) is 0 Å². The third kappa shape index (κ3) is 3.57. The lowest BCUT2D eigenvalue weighted by atomic mass is 10.1. The third-order valence-corrected chi connectivity index (χ3v) is 5.37. The summed E-state index contributed by atoms with van der Waals surface area (Å²) in [5, 5.41) is 7.36. The predicted octanol–water partition coefficient (Wildman–Crippen LogP) is 3.49. The molecule has 0 aliphatic carbocycles. The van der Waals surface area contributed by atoms with Crippen molar-refractivity contribution in [2.45, 2.75) is 56.9 Å². The number of carbonyl (C=O) groups is 1. The molecule has 2 aromatic heterocycles. The van der Waals surface area contributed by atoms with Crippen LogP contribution in [0.25, 0.3) is 0 Å². The van der Waals surface area contributed by atoms with E-state index in [0.717, 1.165) is 11.1 Å². The summed E-state index contributed by atoms with van der Waals surface area (Å²) >= 11 is 0. The van der Waals surface area contributed by atoms with Gasteiger partial charge in [0.1, 0.15) is 5.82 Å². The largest absolute Gasteiger partial charge is 0.410 e. The van der Waals surface area contributed by atoms with Crippen LogP contribution in [0.1, 0.15) is 49.7 Å². The maximum atomic E-state index is 13.5. The van der Waals surface area contributed by atoms with E-state index in [1.807, 2.05) is 6.07 Å². The number of halogens is 3. The Balaban J connectivity index is 1.58. The molecule has 1 unspecified atom stereocenters. The van der Waals surface area contributed by atoms with Gasteiger partial charge < -0.3 is 10.2 Å². The lowest BCUT2D eigenvalue weighted by Gasteiger charge is -2.31. The smallest absolute Gasteiger partial charge is 0.368 e. The molecule has 0 radical (unpaired) electrons. The van der Waals surface area contributed by atoms with Crippen LogP contribution in [0, 0.1) is 0 Å². The molecule has 0 bridgehead atoms. The minimum absolute atomic E-state index is 0.0649. The van der Waals surface area contributed by atoms with Crippen LogP contribution >= 0.6 is 0 Å². The number of hydrogen-bond donors (Lipinski definition) is 1. The first-order chi connectivity index (χ1) is 13.3. The fourth-order valence-electron chi connectivity index (χ4n) is 4.07. The maximum absolute atomic E-state index is 13.5. The molecule has 3 atom stereocenters. The Morgan fingerprint density at radius 3 is 2.89 bits per heavy atom. The fraction of sp³-hybridized carbons (Fsp3) is 0.526. The van der Waals surface area contributed by atoms with E-state index in [1.54, 1.807) is 36.2 Å². The number of hydrogen-bond acceptors (Lipinski definition) is 4. The van der Waals surface area contributed by atoms with Gasteiger partial charge in [-0.3, -0.25) is 9.78 Å². The summed E-state index contributed by atoms with van der Waals surface area (Å²) in [6.07, 6.45) is -1.13. The molecule has 0 saturated carbocycles. The highest BCUT2D eigenvalue weighted by atomic mass is 19.4. The van der Waals surface area contributed by atoms with Gasteiger partial charge in [-0.15, -0.1) is 0 Å². The maximum Gasteiger partial charge on any atom is 0.410 e. The van der Waals surface area contributed by atoms with Gasteiger partial charge in [0.25, 0.3) is 0 Å². The minimum Gasteiger partial charge on any atom is -0.368 e. The first-order valence-corrected chi connectivity index (χ1v) is 9.45. The molecular formula is C19H22F3N5O. The van der Waals surface area contributed by atoms with Crippen molar-refractivity contribution < 1.29 is 18.0 Å². The number of anilines is 1. The SMILES string of the molecule is C[C@@H]1C[C@H](C(F)(F)F)n2nc(C3CCCN3C(=O)Cc3ccccn3)cc2N1. The summed E-state index contributed by atoms with van der Waals surface area (Å²) in [7, 11) is 0. The van der Waals surface area contributed by atoms with Crippen molar-refractivity contribution in [3.8, 4) is 0 Å². The van der Waals surface area contributed by atoms with Gasteiger partial charge in [-0.1, -0.05) is 6.07 Å². The van der Waals surface area contributed by atoms with Crippen molar-refractivity contribution in [1.29, 1.82) is 0 Å². The summed E-state index contributed by atoms with van der Waals surface area (Å²) in [5.41, 5.74) is 1.19. The molecule has 4 heterocycles. The predicted molar refractivity (Wildman–Crippen MR) is 96.6 cm³/mol. The molecule has 9 heteroatoms. The number of likely N-dealkylation sites (tertiary alicyclic amines) is 1. The fourth-order valence-corrected chi connectivity index (χ4v) is 4.07. The molecule has 2 aliphatic rings. The summed E-state index contributed by atoms with van der Waals surface area (Å²) < 4.78 is 41.4. The molecule has 1 fully saturated rings. The topological polar surface area (TPSA) is 63.1 Å². The molecule has 6 nitrogen and oxygen atoms in total. The Morgan fingerprint density at radius 1 is 1.36 bits per heavy atom. The van der Waals surface area contributed by atoms with E-state index in [2.05, 4.69) is 15.4 Å². The van der Waals surface area contributed by atoms with Crippen LogP contribution in [0.3, 0.4) is 0 Å². The Bertz CT molecular complexity index is 851. The van der Waals surface area contributed by atoms with Gasteiger partial charge in [-0.2, -0.15) is 18.3 Å². The molecule has 2 aromatic rings. The van der Waals surface area contributed by atoms with Crippen LogP contribution in [-0.4, -0.2) is 44.3 Å². The third-order valence-electron chi connectivity index (χ3n) is 5.37. The average molecular weight is 393 g/mol. The van der Waals surface area contributed by atoms with E-state index in [4.69, 9.17) is 0 Å². The highest BCUT2D eigenvalue weighted by Gasteiger charge is 2.46. The second-order valence-electron chi connectivity index (χ2n) is 7.48. The van der Waals surface area contributed by atoms with Crippen LogP contribution in [0.2, 0.25) is 0 Å². The number of aromatic nitrogens is 3. The van der Waals surface area contributed by atoms with Gasteiger partial charge in [0.05, 0.1) is 18.2 Å². The number of nitrogens with zero attached hydrogens (tertiary/aromatic N) is 4. The monoisotopic (exact) mass is 393 g/mol. The Labute approximate surface area is 160 Å². The average Bonchev–Trinajstić information content (AvgIpc) is 3.27. The molecule has 0 aromatic carbocycles. The zero-order valence-corrected chi connectivity index (χ0v) is 15.5. The number of rotatable bonds is 3. The van der Waals surface area contributed by atoms with Crippen molar-refractivity contribution >= 4 is 11.7 Å². The molecule has 28 heavy (non-hydrogen) atoms. The van der Waals surface area contributed by atoms with Crippen LogP contribution < -0.4 is 5.32 Å². The minimum atomic E-state index is -4.36. The molecule has 0 spiro atoms. The summed E-state index contributed by atoms with van der Waals surface area (Å²) in [4.78, 5) is 18.7. The van der Waals surface area contributed by atoms with E-state index in [0.29, 0.717) is 30.2 Å². The number of alkyl halides is 3. The Morgan fingerprint density at radius 2 is 2.18 bits per heavy atom. The number of carbonyl (C=O) groups excluding carboxylic acids is 1. The van der Waals surface area contributed by atoms with Gasteiger partial charge in [0, 0.05) is 30.5 Å². The molecule has 1 saturated heterocycles. The Hall–Kier alpha value is -2.58. The number of fused-ring (bicyclic) bond motifs is 1. The molecule has 1 amide bonds. The number of nitrogens with one attached hydrogen (secondary N) is 1. The molecule has 4 rings (SSSR count). The quantitative estimate of drug-likeness (QED) is 0.867. The van der Waals surface area contributed by atoms with Gasteiger partial charge in [0.2, 0.25) is 5.91 Å². The van der Waals surface area contributed by atoms with Gasteiger partial charge >= 0.3 is 6.18 Å². The highest BCUT2D eigenvalue weighted by Crippen LogP contribution is 2.41. The number of amides is 1. The lowest BCUT2D eigenvalue weighted by Crippen LogP contribution is -2.38. The van der Waals surface area contributed by atoms with Crippen molar-refractivity contribution in [3.05, 3.63) is 41.9 Å². The van der Waals surface area contributed by atoms with Crippen LogP contribution in [0.4, 0.5) is 19.0 Å². The number of pyridine rings is 1. The van der Waals surface area contributed by atoms with E-state index < -0.39 is 12.2 Å². The zero-order chi connectivity index (χ0) is 19.9. The van der Waals surface area contributed by atoms with Gasteiger partial charge in [0.15, 0.2) is 6.04 Å². The molecular weight excluding hydrogens is 371 g/mol. The molecule has 2 aliphatic heterocycles. The summed E-state index contributed by atoms with van der Waals surface area (Å²) in [6, 6.07) is 4.81. The summed E-state index contributed by atoms with van der Waals surface area (Å²) in [6.45, 7) is 2.30. The molecule has 150 valence electrons. The van der Waals surface area contributed by atoms with Crippen LogP contribution in [0.5, 0.6) is 0 Å². The second kappa shape index (κ2) is 7.10. The second-order valence-corrected chi connectivity index (χ2v) is 7.48.